The van der Waals surface area contributed by atoms with E-state index in [9.17, 15) is 4.79 Å². The molecule has 4 heteroatoms. The van der Waals surface area contributed by atoms with Gasteiger partial charge in [-0.1, -0.05) is 0 Å². The average molecular weight is 116 g/mol. The van der Waals surface area contributed by atoms with Gasteiger partial charge < -0.3 is 4.84 Å². The van der Waals surface area contributed by atoms with Crippen molar-refractivity contribution in [2.75, 3.05) is 0 Å². The van der Waals surface area contributed by atoms with Crippen LogP contribution in [0.5, 0.6) is 0 Å². The molecule has 2 N–H and O–H groups in total. The lowest BCUT2D eigenvalue weighted by Crippen LogP contribution is -2.22. The fourth-order valence-corrected chi connectivity index (χ4v) is 0.148. The molecule has 0 radical (unpaired) electrons. The first-order valence-electron chi connectivity index (χ1n) is 2.11. The van der Waals surface area contributed by atoms with Gasteiger partial charge in [0.05, 0.1) is 0 Å². The molecule has 1 amide bonds. The van der Waals surface area contributed by atoms with E-state index in [0.717, 1.165) is 0 Å². The normalized spacial score (nSPS) is 7.75. The Kier molecular flexibility index (Phi) is 2.61. The maximum Gasteiger partial charge on any atom is 0.249 e. The van der Waals surface area contributed by atoms with Gasteiger partial charge in [-0.25, -0.2) is 0 Å². The van der Waals surface area contributed by atoms with Gasteiger partial charge in [0.15, 0.2) is 0 Å². The second kappa shape index (κ2) is 3.01. The van der Waals surface area contributed by atoms with Gasteiger partial charge in [-0.15, -0.1) is 0 Å². The molecule has 0 heterocycles. The Bertz CT molecular complexity index is 96.6. The third-order valence-electron chi connectivity index (χ3n) is 0.348. The van der Waals surface area contributed by atoms with Crippen LogP contribution in [0.2, 0.25) is 0 Å². The van der Waals surface area contributed by atoms with Crippen LogP contribution in [0.3, 0.4) is 0 Å². The van der Waals surface area contributed by atoms with Crippen LogP contribution in [-0.4, -0.2) is 11.8 Å². The highest BCUT2D eigenvalue weighted by molar-refractivity contribution is 5.75. The summed E-state index contributed by atoms with van der Waals surface area (Å²) in [6.45, 7) is 2.74. The maximum absolute atomic E-state index is 10.0. The zero-order chi connectivity index (χ0) is 6.57. The summed E-state index contributed by atoms with van der Waals surface area (Å²) in [7, 11) is 0. The van der Waals surface area contributed by atoms with E-state index in [0.29, 0.717) is 0 Å². The zero-order valence-corrected chi connectivity index (χ0v) is 4.82. The van der Waals surface area contributed by atoms with E-state index < -0.39 is 0 Å². The largest absolute Gasteiger partial charge is 0.365 e. The van der Waals surface area contributed by atoms with Gasteiger partial charge in [0.1, 0.15) is 0 Å². The summed E-state index contributed by atoms with van der Waals surface area (Å²) in [5.41, 5.74) is 1.98. The second-order valence-electron chi connectivity index (χ2n) is 1.32. The maximum atomic E-state index is 10.0. The van der Waals surface area contributed by atoms with Crippen molar-refractivity contribution < 1.29 is 9.63 Å². The number of hydrogen-bond acceptors (Lipinski definition) is 3. The van der Waals surface area contributed by atoms with E-state index in [1.54, 1.807) is 0 Å². The minimum Gasteiger partial charge on any atom is -0.365 e. The minimum atomic E-state index is -0.309. The zero-order valence-electron chi connectivity index (χ0n) is 4.82. The smallest absolute Gasteiger partial charge is 0.249 e. The molecule has 0 saturated heterocycles. The monoisotopic (exact) mass is 116 g/mol. The predicted octanol–water partition coefficient (Wildman–Crippen LogP) is 0.0513. The van der Waals surface area contributed by atoms with E-state index in [2.05, 4.69) is 4.84 Å². The standard InChI is InChI=1S/C4H8N2O2/c1-3(5)8-6-4(2)7/h5H,1-2H3,(H,6,7). The number of carbonyl (C=O) groups is 1. The summed E-state index contributed by atoms with van der Waals surface area (Å²) in [4.78, 5) is 14.3. The van der Waals surface area contributed by atoms with Crippen LogP contribution in [0, 0.1) is 5.41 Å². The molecular weight excluding hydrogens is 108 g/mol. The Hall–Kier alpha value is -1.06. The lowest BCUT2D eigenvalue weighted by molar-refractivity contribution is -0.126. The van der Waals surface area contributed by atoms with Crippen molar-refractivity contribution in [3.05, 3.63) is 0 Å². The number of hydrogen-bond donors (Lipinski definition) is 2. The summed E-state index contributed by atoms with van der Waals surface area (Å²) in [6.07, 6.45) is 0. The van der Waals surface area contributed by atoms with Crippen LogP contribution >= 0.6 is 0 Å². The third-order valence-corrected chi connectivity index (χ3v) is 0.348. The third kappa shape index (κ3) is 4.94. The molecule has 0 aromatic heterocycles. The summed E-state index contributed by atoms with van der Waals surface area (Å²) < 4.78 is 0. The Balaban J connectivity index is 3.18. The first kappa shape index (κ1) is 6.94. The van der Waals surface area contributed by atoms with Crippen LogP contribution < -0.4 is 5.48 Å². The molecular formula is C4H8N2O2. The lowest BCUT2D eigenvalue weighted by Gasteiger charge is -1.98. The molecule has 0 aliphatic heterocycles. The number of rotatable bonds is 0. The summed E-state index contributed by atoms with van der Waals surface area (Å²) >= 11 is 0. The number of nitrogens with one attached hydrogen (secondary N) is 2. The van der Waals surface area contributed by atoms with E-state index in [4.69, 9.17) is 5.41 Å². The van der Waals surface area contributed by atoms with Gasteiger partial charge in [-0.05, 0) is 0 Å². The molecule has 0 fully saturated rings. The van der Waals surface area contributed by atoms with Crippen molar-refractivity contribution in [3.63, 3.8) is 0 Å². The second-order valence-corrected chi connectivity index (χ2v) is 1.32. The van der Waals surface area contributed by atoms with Crippen molar-refractivity contribution in [1.29, 1.82) is 5.41 Å². The summed E-state index contributed by atoms with van der Waals surface area (Å²) in [6, 6.07) is 0. The molecule has 46 valence electrons. The van der Waals surface area contributed by atoms with Gasteiger partial charge in [0.25, 0.3) is 0 Å². The molecule has 8 heavy (non-hydrogen) atoms. The molecule has 0 spiro atoms. The predicted molar refractivity (Wildman–Crippen MR) is 28.3 cm³/mol. The molecule has 0 aromatic carbocycles. The minimum absolute atomic E-state index is 0.0276. The van der Waals surface area contributed by atoms with Gasteiger partial charge in [0, 0.05) is 13.8 Å². The highest BCUT2D eigenvalue weighted by atomic mass is 16.7. The first-order valence-corrected chi connectivity index (χ1v) is 2.11. The quantitative estimate of drug-likeness (QED) is 0.267. The van der Waals surface area contributed by atoms with Gasteiger partial charge in [0.2, 0.25) is 11.8 Å². The lowest BCUT2D eigenvalue weighted by atomic mass is 10.8. The molecule has 0 aliphatic rings. The fraction of sp³-hybridized carbons (Fsp3) is 0.500. The van der Waals surface area contributed by atoms with Gasteiger partial charge >= 0.3 is 0 Å². The van der Waals surface area contributed by atoms with E-state index >= 15 is 0 Å². The molecule has 4 nitrogen and oxygen atoms in total. The summed E-state index contributed by atoms with van der Waals surface area (Å²) in [5, 5.41) is 6.65. The average Bonchev–Trinajstić information content (AvgIpc) is 1.61. The molecule has 0 rings (SSSR count). The molecule has 0 bridgehead atoms. The molecule has 0 aromatic rings. The van der Waals surface area contributed by atoms with Crippen LogP contribution in [0.1, 0.15) is 13.8 Å². The molecule has 0 aliphatic carbocycles. The van der Waals surface area contributed by atoms with Crippen molar-refractivity contribution in [3.8, 4) is 0 Å². The van der Waals surface area contributed by atoms with E-state index in [-0.39, 0.29) is 11.8 Å². The van der Waals surface area contributed by atoms with Crippen LogP contribution in [0.25, 0.3) is 0 Å². The fourth-order valence-electron chi connectivity index (χ4n) is 0.148. The van der Waals surface area contributed by atoms with Crippen LogP contribution in [0.4, 0.5) is 0 Å². The number of carbonyl (C=O) groups excluding carboxylic acids is 1. The molecule has 0 atom stereocenters. The van der Waals surface area contributed by atoms with Crippen molar-refractivity contribution in [1.82, 2.24) is 5.48 Å². The topological polar surface area (TPSA) is 62.2 Å². The van der Waals surface area contributed by atoms with Crippen molar-refractivity contribution in [2.45, 2.75) is 13.8 Å². The highest BCUT2D eigenvalue weighted by Crippen LogP contribution is 1.67. The highest BCUT2D eigenvalue weighted by Gasteiger charge is 1.88. The Morgan fingerprint density at radius 1 is 1.62 bits per heavy atom. The Morgan fingerprint density at radius 3 is 2.25 bits per heavy atom. The Labute approximate surface area is 47.3 Å². The SMILES string of the molecule is CC(=N)ONC(C)=O. The van der Waals surface area contributed by atoms with Crippen molar-refractivity contribution >= 4 is 11.8 Å². The first-order chi connectivity index (χ1) is 3.63. The molecule has 0 unspecified atom stereocenters. The number of hydroxylamine groups is 1. The van der Waals surface area contributed by atoms with Crippen LogP contribution in [-0.2, 0) is 9.63 Å². The summed E-state index contributed by atoms with van der Waals surface area (Å²) in [5.74, 6) is -0.336. The number of amides is 1. The molecule has 0 saturated carbocycles. The van der Waals surface area contributed by atoms with E-state index in [1.165, 1.54) is 13.8 Å². The van der Waals surface area contributed by atoms with Gasteiger partial charge in [-0.3, -0.25) is 10.2 Å². The van der Waals surface area contributed by atoms with E-state index in [1.807, 2.05) is 5.48 Å². The van der Waals surface area contributed by atoms with Crippen LogP contribution in [0.15, 0.2) is 0 Å². The van der Waals surface area contributed by atoms with Gasteiger partial charge in [-0.2, -0.15) is 5.48 Å². The Morgan fingerprint density at radius 2 is 2.12 bits per heavy atom. The van der Waals surface area contributed by atoms with Crippen molar-refractivity contribution in [2.24, 2.45) is 0 Å².